The van der Waals surface area contributed by atoms with Crippen LogP contribution in [-0.2, 0) is 4.79 Å². The first kappa shape index (κ1) is 14.9. The molecule has 0 aliphatic carbocycles. The monoisotopic (exact) mass is 341 g/mol. The molecule has 2 aromatic carbocycles. The summed E-state index contributed by atoms with van der Waals surface area (Å²) in [6.07, 6.45) is 0.290. The molecule has 1 aliphatic rings. The van der Waals surface area contributed by atoms with Crippen LogP contribution >= 0.6 is 11.6 Å². The van der Waals surface area contributed by atoms with Gasteiger partial charge in [0.05, 0.1) is 5.69 Å². The summed E-state index contributed by atoms with van der Waals surface area (Å²) < 4.78 is 13.2. The fourth-order valence-corrected chi connectivity index (χ4v) is 3.20. The number of amides is 1. The molecule has 1 amide bonds. The summed E-state index contributed by atoms with van der Waals surface area (Å²) in [6, 6.07) is 13.6. The Labute approximate surface area is 142 Å². The Bertz CT molecular complexity index is 903. The molecule has 0 bridgehead atoms. The largest absolute Gasteiger partial charge is 0.309 e. The highest BCUT2D eigenvalue weighted by Gasteiger charge is 2.31. The van der Waals surface area contributed by atoms with E-state index < -0.39 is 0 Å². The molecular formula is C18H13ClFN3O. The number of nitrogens with zero attached hydrogens (tertiary/aromatic N) is 1. The summed E-state index contributed by atoms with van der Waals surface area (Å²) in [6.45, 7) is 0. The number of anilines is 1. The van der Waals surface area contributed by atoms with Crippen LogP contribution < -0.4 is 5.32 Å². The molecule has 0 saturated heterocycles. The third-order valence-corrected chi connectivity index (χ3v) is 4.46. The van der Waals surface area contributed by atoms with Crippen LogP contribution in [0.15, 0.2) is 48.5 Å². The molecule has 2 N–H and O–H groups in total. The highest BCUT2D eigenvalue weighted by atomic mass is 35.5. The van der Waals surface area contributed by atoms with E-state index in [2.05, 4.69) is 15.5 Å². The molecule has 3 aromatic rings. The second-order valence-electron chi connectivity index (χ2n) is 5.72. The molecular weight excluding hydrogens is 329 g/mol. The average Bonchev–Trinajstić information content (AvgIpc) is 2.99. The van der Waals surface area contributed by atoms with Gasteiger partial charge in [0.2, 0.25) is 5.91 Å². The van der Waals surface area contributed by atoms with Crippen LogP contribution in [-0.4, -0.2) is 16.1 Å². The van der Waals surface area contributed by atoms with Crippen molar-refractivity contribution in [1.29, 1.82) is 0 Å². The van der Waals surface area contributed by atoms with Crippen LogP contribution in [0, 0.1) is 5.82 Å². The molecule has 0 spiro atoms. The van der Waals surface area contributed by atoms with Gasteiger partial charge >= 0.3 is 0 Å². The quantitative estimate of drug-likeness (QED) is 0.728. The number of nitrogens with one attached hydrogen (secondary N) is 2. The molecule has 24 heavy (non-hydrogen) atoms. The maximum atomic E-state index is 13.2. The Hall–Kier alpha value is -2.66. The standard InChI is InChI=1S/C18H13ClFN3O/c19-12-5-1-11(2-6-12)17-16-14(10-3-7-13(20)8-4-10)9-15(24)21-18(16)23-22-17/h1-8,14H,9H2,(H2,21,22,23,24)/t14-/m0/s1. The fourth-order valence-electron chi connectivity index (χ4n) is 3.07. The number of halogens is 2. The van der Waals surface area contributed by atoms with Crippen molar-refractivity contribution in [2.45, 2.75) is 12.3 Å². The number of rotatable bonds is 2. The molecule has 4 rings (SSSR count). The van der Waals surface area contributed by atoms with Gasteiger partial charge in [-0.1, -0.05) is 35.9 Å². The molecule has 4 nitrogen and oxygen atoms in total. The van der Waals surface area contributed by atoms with E-state index in [-0.39, 0.29) is 17.6 Å². The lowest BCUT2D eigenvalue weighted by atomic mass is 9.84. The minimum atomic E-state index is -0.302. The molecule has 1 atom stereocenters. The normalized spacial score (nSPS) is 16.6. The van der Waals surface area contributed by atoms with Crippen molar-refractivity contribution in [3.8, 4) is 11.3 Å². The van der Waals surface area contributed by atoms with Crippen molar-refractivity contribution < 1.29 is 9.18 Å². The molecule has 6 heteroatoms. The van der Waals surface area contributed by atoms with Crippen LogP contribution in [0.1, 0.15) is 23.5 Å². The van der Waals surface area contributed by atoms with E-state index in [0.29, 0.717) is 17.3 Å². The lowest BCUT2D eigenvalue weighted by Crippen LogP contribution is -2.23. The number of hydrogen-bond acceptors (Lipinski definition) is 2. The Morgan fingerprint density at radius 3 is 2.50 bits per heavy atom. The van der Waals surface area contributed by atoms with Crippen molar-refractivity contribution in [3.63, 3.8) is 0 Å². The van der Waals surface area contributed by atoms with Gasteiger partial charge < -0.3 is 5.32 Å². The first-order valence-corrected chi connectivity index (χ1v) is 7.89. The van der Waals surface area contributed by atoms with E-state index in [1.165, 1.54) is 12.1 Å². The van der Waals surface area contributed by atoms with Gasteiger partial charge in [-0.2, -0.15) is 5.10 Å². The topological polar surface area (TPSA) is 57.8 Å². The summed E-state index contributed by atoms with van der Waals surface area (Å²) in [5.74, 6) is -0.0698. The average molecular weight is 342 g/mol. The Kier molecular flexibility index (Phi) is 3.58. The zero-order chi connectivity index (χ0) is 16.7. The summed E-state index contributed by atoms with van der Waals surface area (Å²) in [5.41, 5.74) is 3.54. The van der Waals surface area contributed by atoms with Gasteiger partial charge in [-0.3, -0.25) is 9.89 Å². The molecule has 0 fully saturated rings. The van der Waals surface area contributed by atoms with Gasteiger partial charge in [0, 0.05) is 28.5 Å². The first-order chi connectivity index (χ1) is 11.6. The maximum absolute atomic E-state index is 13.2. The molecule has 120 valence electrons. The van der Waals surface area contributed by atoms with Crippen molar-refractivity contribution in [3.05, 3.63) is 70.5 Å². The van der Waals surface area contributed by atoms with Crippen LogP contribution in [0.2, 0.25) is 5.02 Å². The number of carbonyl (C=O) groups excluding carboxylic acids is 1. The number of H-pyrrole nitrogens is 1. The molecule has 1 aliphatic heterocycles. The Morgan fingerprint density at radius 2 is 1.79 bits per heavy atom. The molecule has 0 saturated carbocycles. The second kappa shape index (κ2) is 5.76. The van der Waals surface area contributed by atoms with Gasteiger partial charge in [0.25, 0.3) is 0 Å². The van der Waals surface area contributed by atoms with Crippen molar-refractivity contribution in [2.75, 3.05) is 5.32 Å². The first-order valence-electron chi connectivity index (χ1n) is 7.51. The predicted octanol–water partition coefficient (Wildman–Crippen LogP) is 4.34. The predicted molar refractivity (Wildman–Crippen MR) is 90.5 cm³/mol. The van der Waals surface area contributed by atoms with Crippen molar-refractivity contribution >= 4 is 23.3 Å². The Balaban J connectivity index is 1.85. The molecule has 2 heterocycles. The third-order valence-electron chi connectivity index (χ3n) is 4.21. The van der Waals surface area contributed by atoms with E-state index in [0.717, 1.165) is 22.4 Å². The molecule has 1 aromatic heterocycles. The lowest BCUT2D eigenvalue weighted by molar-refractivity contribution is -0.116. The smallest absolute Gasteiger partial charge is 0.226 e. The van der Waals surface area contributed by atoms with Gasteiger partial charge in [-0.15, -0.1) is 0 Å². The van der Waals surface area contributed by atoms with Crippen LogP contribution in [0.4, 0.5) is 10.2 Å². The molecule has 0 unspecified atom stereocenters. The van der Waals surface area contributed by atoms with E-state index in [1.807, 2.05) is 12.1 Å². The van der Waals surface area contributed by atoms with Crippen LogP contribution in [0.5, 0.6) is 0 Å². The summed E-state index contributed by atoms with van der Waals surface area (Å²) in [5, 5.41) is 10.7. The number of carbonyl (C=O) groups is 1. The summed E-state index contributed by atoms with van der Waals surface area (Å²) >= 11 is 5.96. The number of aromatic nitrogens is 2. The number of benzene rings is 2. The number of fused-ring (bicyclic) bond motifs is 1. The zero-order valence-corrected chi connectivity index (χ0v) is 13.3. The van der Waals surface area contributed by atoms with Crippen molar-refractivity contribution in [1.82, 2.24) is 10.2 Å². The van der Waals surface area contributed by atoms with E-state index >= 15 is 0 Å². The third kappa shape index (κ3) is 2.57. The van der Waals surface area contributed by atoms with Gasteiger partial charge in [-0.05, 0) is 29.8 Å². The highest BCUT2D eigenvalue weighted by molar-refractivity contribution is 6.30. The summed E-state index contributed by atoms with van der Waals surface area (Å²) in [7, 11) is 0. The number of hydrogen-bond donors (Lipinski definition) is 2. The van der Waals surface area contributed by atoms with Gasteiger partial charge in [0.15, 0.2) is 5.82 Å². The van der Waals surface area contributed by atoms with Crippen LogP contribution in [0.25, 0.3) is 11.3 Å². The molecule has 0 radical (unpaired) electrons. The van der Waals surface area contributed by atoms with E-state index in [1.54, 1.807) is 24.3 Å². The minimum absolute atomic E-state index is 0.106. The van der Waals surface area contributed by atoms with Gasteiger partial charge in [0.1, 0.15) is 5.82 Å². The van der Waals surface area contributed by atoms with E-state index in [9.17, 15) is 9.18 Å². The maximum Gasteiger partial charge on any atom is 0.226 e. The Morgan fingerprint density at radius 1 is 1.08 bits per heavy atom. The second-order valence-corrected chi connectivity index (χ2v) is 6.16. The fraction of sp³-hybridized carbons (Fsp3) is 0.111. The zero-order valence-electron chi connectivity index (χ0n) is 12.5. The lowest BCUT2D eigenvalue weighted by Gasteiger charge is -2.23. The highest BCUT2D eigenvalue weighted by Crippen LogP contribution is 2.41. The summed E-state index contributed by atoms with van der Waals surface area (Å²) in [4.78, 5) is 12.0. The SMILES string of the molecule is O=C1C[C@@H](c2ccc(F)cc2)c2c(n[nH]c2-c2ccc(Cl)cc2)N1. The number of aromatic amines is 1. The van der Waals surface area contributed by atoms with Crippen molar-refractivity contribution in [2.24, 2.45) is 0 Å². The van der Waals surface area contributed by atoms with Gasteiger partial charge in [-0.25, -0.2) is 4.39 Å². The minimum Gasteiger partial charge on any atom is -0.309 e. The van der Waals surface area contributed by atoms with Crippen LogP contribution in [0.3, 0.4) is 0 Å². The van der Waals surface area contributed by atoms with E-state index in [4.69, 9.17) is 11.6 Å².